The number of methoxy groups -OCH3 is 1. The van der Waals surface area contributed by atoms with E-state index in [2.05, 4.69) is 9.35 Å². The van der Waals surface area contributed by atoms with E-state index in [1.54, 1.807) is 49.0 Å². The van der Waals surface area contributed by atoms with Crippen LogP contribution >= 0.6 is 0 Å². The lowest BCUT2D eigenvalue weighted by atomic mass is 10.2. The van der Waals surface area contributed by atoms with Crippen molar-refractivity contribution in [2.24, 2.45) is 4.36 Å². The summed E-state index contributed by atoms with van der Waals surface area (Å²) in [5.74, 6) is 1.51. The third-order valence-electron chi connectivity index (χ3n) is 3.34. The summed E-state index contributed by atoms with van der Waals surface area (Å²) in [7, 11) is -0.753. The summed E-state index contributed by atoms with van der Waals surface area (Å²) in [6.45, 7) is 0. The van der Waals surface area contributed by atoms with E-state index in [0.29, 0.717) is 22.9 Å². The fourth-order valence-electron chi connectivity index (χ4n) is 2.37. The Morgan fingerprint density at radius 1 is 1.08 bits per heavy atom. The molecule has 1 heterocycles. The molecule has 3 aromatic rings. The summed E-state index contributed by atoms with van der Waals surface area (Å²) in [6.07, 6.45) is 4.80. The highest BCUT2D eigenvalue weighted by molar-refractivity contribution is 7.92. The number of hydrogen-bond donors (Lipinski definition) is 1. The van der Waals surface area contributed by atoms with Crippen LogP contribution in [0.25, 0.3) is 10.9 Å². The molecule has 25 heavy (non-hydrogen) atoms. The molecule has 0 fully saturated rings. The second kappa shape index (κ2) is 6.60. The highest BCUT2D eigenvalue weighted by Crippen LogP contribution is 2.34. The predicted octanol–water partition coefficient (Wildman–Crippen LogP) is 4.10. The first-order valence-electron chi connectivity index (χ1n) is 7.46. The fraction of sp³-hybridized carbons (Fsp3) is 0.167. The molecule has 0 saturated heterocycles. The number of phenolic OH excluding ortho intramolecular Hbond substituents is 1. The highest BCUT2D eigenvalue weighted by atomic mass is 32.2. The molecule has 0 aliphatic carbocycles. The van der Waals surface area contributed by atoms with E-state index < -0.39 is 9.73 Å². The summed E-state index contributed by atoms with van der Waals surface area (Å²) in [6, 6.07) is 11.7. The second-order valence-corrected chi connectivity index (χ2v) is 8.30. The number of phenols is 1. The van der Waals surface area contributed by atoms with Crippen molar-refractivity contribution in [3.63, 3.8) is 0 Å². The number of rotatable bonds is 4. The van der Waals surface area contributed by atoms with Crippen molar-refractivity contribution in [1.82, 2.24) is 4.98 Å². The molecule has 1 aromatic heterocycles. The molecule has 3 rings (SSSR count). The summed E-state index contributed by atoms with van der Waals surface area (Å²) >= 11 is 0. The van der Waals surface area contributed by atoms with Crippen LogP contribution in [0, 0.1) is 0 Å². The van der Waals surface area contributed by atoms with E-state index in [0.717, 1.165) is 10.9 Å². The lowest BCUT2D eigenvalue weighted by Gasteiger charge is -2.11. The van der Waals surface area contributed by atoms with Crippen molar-refractivity contribution < 1.29 is 18.8 Å². The van der Waals surface area contributed by atoms with Crippen LogP contribution in [-0.2, 0) is 9.73 Å². The lowest BCUT2D eigenvalue weighted by Crippen LogP contribution is -1.91. The Morgan fingerprint density at radius 2 is 1.84 bits per heavy atom. The minimum atomic E-state index is -2.27. The molecule has 1 N–H and O–H groups in total. The first-order valence-corrected chi connectivity index (χ1v) is 9.79. The van der Waals surface area contributed by atoms with Crippen molar-refractivity contribution in [1.29, 1.82) is 0 Å². The van der Waals surface area contributed by atoms with Gasteiger partial charge in [-0.1, -0.05) is 0 Å². The van der Waals surface area contributed by atoms with Gasteiger partial charge in [-0.3, -0.25) is 4.98 Å². The van der Waals surface area contributed by atoms with Gasteiger partial charge < -0.3 is 14.6 Å². The number of pyridine rings is 1. The summed E-state index contributed by atoms with van der Waals surface area (Å²) in [5.41, 5.74) is 1.32. The zero-order valence-corrected chi connectivity index (χ0v) is 14.9. The molecule has 0 radical (unpaired) electrons. The molecule has 0 aliphatic rings. The summed E-state index contributed by atoms with van der Waals surface area (Å²) in [5, 5.41) is 10.5. The SMILES string of the molecule is COc1cc(O)cc(Oc2ccnc3ccc(N=S(C)(C)=O)cc23)c1. The molecule has 2 aromatic carbocycles. The van der Waals surface area contributed by atoms with E-state index in [1.165, 1.54) is 19.2 Å². The number of hydrogen-bond acceptors (Lipinski definition) is 6. The van der Waals surface area contributed by atoms with Crippen LogP contribution in [0.4, 0.5) is 5.69 Å². The van der Waals surface area contributed by atoms with Gasteiger partial charge in [-0.2, -0.15) is 4.36 Å². The molecular formula is C18H18N2O4S. The van der Waals surface area contributed by atoms with Gasteiger partial charge in [0.05, 0.1) is 18.3 Å². The van der Waals surface area contributed by atoms with Crippen molar-refractivity contribution in [3.8, 4) is 23.0 Å². The average molecular weight is 358 g/mol. The van der Waals surface area contributed by atoms with Crippen LogP contribution in [0.15, 0.2) is 53.0 Å². The van der Waals surface area contributed by atoms with Crippen molar-refractivity contribution in [2.75, 3.05) is 19.6 Å². The third kappa shape index (κ3) is 4.19. The first kappa shape index (κ1) is 17.0. The van der Waals surface area contributed by atoms with Gasteiger partial charge in [0.1, 0.15) is 23.0 Å². The van der Waals surface area contributed by atoms with Gasteiger partial charge in [0.15, 0.2) is 0 Å². The van der Waals surface area contributed by atoms with Crippen LogP contribution in [0.3, 0.4) is 0 Å². The first-order chi connectivity index (χ1) is 11.8. The maximum atomic E-state index is 11.9. The number of aromatic nitrogens is 1. The number of nitrogens with zero attached hydrogens (tertiary/aromatic N) is 2. The van der Waals surface area contributed by atoms with E-state index in [1.807, 2.05) is 0 Å². The Balaban J connectivity index is 2.08. The second-order valence-electron chi connectivity index (χ2n) is 5.75. The van der Waals surface area contributed by atoms with Gasteiger partial charge >= 0.3 is 0 Å². The van der Waals surface area contributed by atoms with Crippen molar-refractivity contribution in [2.45, 2.75) is 0 Å². The quantitative estimate of drug-likeness (QED) is 0.759. The Kier molecular flexibility index (Phi) is 4.50. The molecule has 130 valence electrons. The van der Waals surface area contributed by atoms with E-state index in [-0.39, 0.29) is 5.75 Å². The molecule has 6 nitrogen and oxygen atoms in total. The van der Waals surface area contributed by atoms with E-state index in [4.69, 9.17) is 9.47 Å². The Labute approximate surface area is 146 Å². The fourth-order valence-corrected chi connectivity index (χ4v) is 2.99. The molecule has 0 aliphatic heterocycles. The molecular weight excluding hydrogens is 340 g/mol. The molecule has 0 bridgehead atoms. The molecule has 0 spiro atoms. The monoisotopic (exact) mass is 358 g/mol. The van der Waals surface area contributed by atoms with Gasteiger partial charge in [0.25, 0.3) is 0 Å². The number of ether oxygens (including phenoxy) is 2. The maximum absolute atomic E-state index is 11.9. The molecule has 0 saturated carbocycles. The largest absolute Gasteiger partial charge is 0.508 e. The van der Waals surface area contributed by atoms with Gasteiger partial charge in [-0.25, -0.2) is 4.21 Å². The van der Waals surface area contributed by atoms with Crippen LogP contribution in [0.1, 0.15) is 0 Å². The van der Waals surface area contributed by atoms with Crippen LogP contribution < -0.4 is 9.47 Å². The average Bonchev–Trinajstić information content (AvgIpc) is 2.53. The minimum absolute atomic E-state index is 0.0418. The van der Waals surface area contributed by atoms with Crippen molar-refractivity contribution in [3.05, 3.63) is 48.7 Å². The predicted molar refractivity (Wildman–Crippen MR) is 98.6 cm³/mol. The third-order valence-corrected chi connectivity index (χ3v) is 3.99. The Bertz CT molecular complexity index is 1050. The molecule has 7 heteroatoms. The van der Waals surface area contributed by atoms with Gasteiger partial charge in [0.2, 0.25) is 0 Å². The Morgan fingerprint density at radius 3 is 2.56 bits per heavy atom. The van der Waals surface area contributed by atoms with Crippen LogP contribution in [0.5, 0.6) is 23.0 Å². The standard InChI is InChI=1S/C18H18N2O4S/c1-23-14-9-13(21)10-15(11-14)24-18-6-7-19-17-5-4-12(8-16(17)18)20-25(2,3)22/h4-11,21H,1-3H3. The smallest absolute Gasteiger partial charge is 0.138 e. The normalized spacial score (nSPS) is 11.3. The Hall–Kier alpha value is -2.80. The number of fused-ring (bicyclic) bond motifs is 1. The van der Waals surface area contributed by atoms with Crippen LogP contribution in [-0.4, -0.2) is 33.9 Å². The van der Waals surface area contributed by atoms with Gasteiger partial charge in [-0.05, 0) is 24.3 Å². The summed E-state index contributed by atoms with van der Waals surface area (Å²) < 4.78 is 27.2. The van der Waals surface area contributed by atoms with Crippen molar-refractivity contribution >= 4 is 26.3 Å². The van der Waals surface area contributed by atoms with E-state index in [9.17, 15) is 9.32 Å². The van der Waals surface area contributed by atoms with Gasteiger partial charge in [0, 0.05) is 52.0 Å². The van der Waals surface area contributed by atoms with Crippen LogP contribution in [0.2, 0.25) is 0 Å². The molecule has 0 unspecified atom stereocenters. The topological polar surface area (TPSA) is 81.0 Å². The number of benzene rings is 2. The molecule has 0 atom stereocenters. The minimum Gasteiger partial charge on any atom is -0.508 e. The zero-order chi connectivity index (χ0) is 18.0. The lowest BCUT2D eigenvalue weighted by molar-refractivity contribution is 0.400. The maximum Gasteiger partial charge on any atom is 0.138 e. The zero-order valence-electron chi connectivity index (χ0n) is 14.1. The van der Waals surface area contributed by atoms with E-state index >= 15 is 0 Å². The van der Waals surface area contributed by atoms with Gasteiger partial charge in [-0.15, -0.1) is 0 Å². The summed E-state index contributed by atoms with van der Waals surface area (Å²) in [4.78, 5) is 4.31. The number of aromatic hydroxyl groups is 1. The highest BCUT2D eigenvalue weighted by Gasteiger charge is 2.08. The molecule has 0 amide bonds.